The first-order valence-corrected chi connectivity index (χ1v) is 8.13. The van der Waals surface area contributed by atoms with E-state index >= 15 is 0 Å². The second-order valence-corrected chi connectivity index (χ2v) is 7.27. The minimum atomic E-state index is -0.859. The third kappa shape index (κ3) is 2.55. The highest BCUT2D eigenvalue weighted by molar-refractivity contribution is 5.71. The Morgan fingerprint density at radius 3 is 1.76 bits per heavy atom. The van der Waals surface area contributed by atoms with Crippen molar-refractivity contribution in [1.82, 2.24) is 10.1 Å². The summed E-state index contributed by atoms with van der Waals surface area (Å²) in [6.07, 6.45) is 0.120. The fourth-order valence-electron chi connectivity index (χ4n) is 2.98. The third-order valence-electron chi connectivity index (χ3n) is 5.39. The summed E-state index contributed by atoms with van der Waals surface area (Å²) in [6, 6.07) is 16.5. The fraction of sp³-hybridized carbons (Fsp3) is 0.300. The van der Waals surface area contributed by atoms with Gasteiger partial charge in [-0.05, 0) is 56.5 Å². The highest BCUT2D eigenvalue weighted by Crippen LogP contribution is 2.49. The van der Waals surface area contributed by atoms with E-state index in [9.17, 15) is 10.4 Å². The minimum absolute atomic E-state index is 0.120. The van der Waals surface area contributed by atoms with Crippen molar-refractivity contribution in [3.63, 3.8) is 0 Å². The molecule has 0 bridgehead atoms. The minimum Gasteiger partial charge on any atom is -0.783 e. The summed E-state index contributed by atoms with van der Waals surface area (Å²) in [5, 5.41) is 36.5. The van der Waals surface area contributed by atoms with Gasteiger partial charge in [0.05, 0.1) is 11.6 Å². The summed E-state index contributed by atoms with van der Waals surface area (Å²) in [6.45, 7) is 7.12. The molecule has 1 aliphatic heterocycles. The van der Waals surface area contributed by atoms with Crippen LogP contribution in [0, 0.1) is 27.9 Å². The Morgan fingerprint density at radius 2 is 1.28 bits per heavy atom. The smallest absolute Gasteiger partial charge is 0.114 e. The van der Waals surface area contributed by atoms with Gasteiger partial charge in [-0.1, -0.05) is 36.4 Å². The van der Waals surface area contributed by atoms with Crippen LogP contribution in [0.1, 0.15) is 38.8 Å². The SMILES string of the molecule is CC1(C)N([O-])[C](c2ccccc2-c2ccc(C#N)cc2)N([O-])C1(C)C. The molecule has 25 heavy (non-hydrogen) atoms. The highest BCUT2D eigenvalue weighted by Gasteiger charge is 2.51. The molecule has 0 aromatic heterocycles. The lowest BCUT2D eigenvalue weighted by Gasteiger charge is -2.46. The average molecular weight is 334 g/mol. The molecule has 0 N–H and O–H groups in total. The Kier molecular flexibility index (Phi) is 4.18. The van der Waals surface area contributed by atoms with Gasteiger partial charge in [-0.2, -0.15) is 5.26 Å². The molecular formula is C20H20N3O2-2. The van der Waals surface area contributed by atoms with Crippen LogP contribution in [-0.2, 0) is 0 Å². The van der Waals surface area contributed by atoms with Gasteiger partial charge in [-0.25, -0.2) is 0 Å². The molecule has 0 unspecified atom stereocenters. The van der Waals surface area contributed by atoms with E-state index in [-0.39, 0.29) is 6.17 Å². The van der Waals surface area contributed by atoms with Crippen LogP contribution < -0.4 is 0 Å². The number of hydroxylamine groups is 4. The first-order valence-electron chi connectivity index (χ1n) is 8.13. The zero-order chi connectivity index (χ0) is 18.4. The van der Waals surface area contributed by atoms with Gasteiger partial charge in [0, 0.05) is 11.1 Å². The molecule has 0 spiro atoms. The molecule has 0 saturated carbocycles. The zero-order valence-electron chi connectivity index (χ0n) is 14.8. The summed E-state index contributed by atoms with van der Waals surface area (Å²) in [4.78, 5) is 0. The van der Waals surface area contributed by atoms with Crippen LogP contribution in [0.25, 0.3) is 11.1 Å². The molecule has 1 heterocycles. The zero-order valence-corrected chi connectivity index (χ0v) is 14.8. The Labute approximate surface area is 148 Å². The van der Waals surface area contributed by atoms with E-state index in [0.717, 1.165) is 21.3 Å². The summed E-state index contributed by atoms with van der Waals surface area (Å²) < 4.78 is 0. The lowest BCUT2D eigenvalue weighted by molar-refractivity contribution is 0.154. The van der Waals surface area contributed by atoms with E-state index < -0.39 is 11.1 Å². The summed E-state index contributed by atoms with van der Waals surface area (Å²) in [5.41, 5.74) is 1.08. The van der Waals surface area contributed by atoms with Gasteiger partial charge in [-0.15, -0.1) is 0 Å². The third-order valence-corrected chi connectivity index (χ3v) is 5.39. The second-order valence-electron chi connectivity index (χ2n) is 7.27. The topological polar surface area (TPSA) is 76.4 Å². The molecule has 3 rings (SSSR count). The molecule has 1 fully saturated rings. The van der Waals surface area contributed by atoms with Crippen LogP contribution in [-0.4, -0.2) is 21.2 Å². The molecule has 2 aromatic rings. The Morgan fingerprint density at radius 1 is 0.800 bits per heavy atom. The van der Waals surface area contributed by atoms with Crippen molar-refractivity contribution in [3.8, 4) is 17.2 Å². The molecule has 2 aromatic carbocycles. The molecule has 1 radical (unpaired) electrons. The molecule has 0 amide bonds. The number of rotatable bonds is 2. The number of nitriles is 1. The van der Waals surface area contributed by atoms with Crippen LogP contribution in [0.4, 0.5) is 0 Å². The molecule has 1 saturated heterocycles. The van der Waals surface area contributed by atoms with Crippen molar-refractivity contribution in [2.75, 3.05) is 0 Å². The van der Waals surface area contributed by atoms with E-state index in [1.807, 2.05) is 30.3 Å². The number of hydrogen-bond donors (Lipinski definition) is 0. The quantitative estimate of drug-likeness (QED) is 0.821. The summed E-state index contributed by atoms with van der Waals surface area (Å²) in [7, 11) is 0. The Bertz CT molecular complexity index is 802. The maximum absolute atomic E-state index is 12.9. The van der Waals surface area contributed by atoms with Gasteiger partial charge < -0.3 is 20.5 Å². The monoisotopic (exact) mass is 334 g/mol. The lowest BCUT2D eigenvalue weighted by atomic mass is 9.84. The lowest BCUT2D eigenvalue weighted by Crippen LogP contribution is -2.51. The van der Waals surface area contributed by atoms with Gasteiger partial charge in [-0.3, -0.25) is 0 Å². The molecule has 129 valence electrons. The van der Waals surface area contributed by atoms with Crippen LogP contribution >= 0.6 is 0 Å². The number of nitrogens with zero attached hydrogens (tertiary/aromatic N) is 3. The molecule has 0 aliphatic carbocycles. The predicted molar refractivity (Wildman–Crippen MR) is 97.5 cm³/mol. The maximum atomic E-state index is 12.9. The maximum Gasteiger partial charge on any atom is 0.114 e. The van der Waals surface area contributed by atoms with Crippen LogP contribution in [0.5, 0.6) is 0 Å². The van der Waals surface area contributed by atoms with Crippen molar-refractivity contribution in [2.24, 2.45) is 0 Å². The molecule has 1 aliphatic rings. The molecule has 5 nitrogen and oxygen atoms in total. The number of hydrogen-bond acceptors (Lipinski definition) is 5. The summed E-state index contributed by atoms with van der Waals surface area (Å²) >= 11 is 0. The van der Waals surface area contributed by atoms with Gasteiger partial charge in [0.1, 0.15) is 6.17 Å². The van der Waals surface area contributed by atoms with Crippen LogP contribution in [0.2, 0.25) is 0 Å². The van der Waals surface area contributed by atoms with Crippen LogP contribution in [0.15, 0.2) is 48.5 Å². The first kappa shape index (κ1) is 17.6. The Hall–Kier alpha value is -2.23. The van der Waals surface area contributed by atoms with E-state index in [2.05, 4.69) is 6.07 Å². The van der Waals surface area contributed by atoms with Crippen molar-refractivity contribution in [3.05, 3.63) is 76.2 Å². The Balaban J connectivity index is 2.12. The van der Waals surface area contributed by atoms with E-state index in [4.69, 9.17) is 5.26 Å². The largest absolute Gasteiger partial charge is 0.783 e. The molecular weight excluding hydrogens is 314 g/mol. The van der Waals surface area contributed by atoms with E-state index in [0.29, 0.717) is 11.1 Å². The van der Waals surface area contributed by atoms with Gasteiger partial charge >= 0.3 is 0 Å². The van der Waals surface area contributed by atoms with Crippen molar-refractivity contribution >= 4 is 0 Å². The van der Waals surface area contributed by atoms with Crippen LogP contribution in [0.3, 0.4) is 0 Å². The van der Waals surface area contributed by atoms with Crippen molar-refractivity contribution in [1.29, 1.82) is 5.26 Å². The molecule has 5 heteroatoms. The predicted octanol–water partition coefficient (Wildman–Crippen LogP) is 4.23. The first-order chi connectivity index (χ1) is 11.7. The van der Waals surface area contributed by atoms with Crippen molar-refractivity contribution < 1.29 is 0 Å². The standard InChI is InChI=1S/C20H20N3O2/c1-19(2)20(3,4)23(25)18(22(19)24)17-8-6-5-7-16(17)15-11-9-14(13-21)10-12-15/h5-12H,1-4H3/q-2. The summed E-state index contributed by atoms with van der Waals surface area (Å²) in [5.74, 6) is 0. The number of benzene rings is 2. The van der Waals surface area contributed by atoms with Gasteiger partial charge in [0.15, 0.2) is 0 Å². The molecule has 0 atom stereocenters. The van der Waals surface area contributed by atoms with E-state index in [1.165, 1.54) is 0 Å². The van der Waals surface area contributed by atoms with Crippen molar-refractivity contribution in [2.45, 2.75) is 38.8 Å². The second kappa shape index (κ2) is 5.94. The van der Waals surface area contributed by atoms with E-state index in [1.54, 1.807) is 45.9 Å². The fourth-order valence-corrected chi connectivity index (χ4v) is 2.98. The van der Waals surface area contributed by atoms with Gasteiger partial charge in [0.25, 0.3) is 0 Å². The normalized spacial score (nSPS) is 20.5. The van der Waals surface area contributed by atoms with Gasteiger partial charge in [0.2, 0.25) is 0 Å². The highest BCUT2D eigenvalue weighted by atomic mass is 16.6. The average Bonchev–Trinajstić information content (AvgIpc) is 2.72.